The molecule has 2 N–H and O–H groups in total. The largest absolute Gasteiger partial charge is 0.505 e. The molecular weight excluding hydrogens is 206 g/mol. The molecule has 1 aromatic carbocycles. The lowest BCUT2D eigenvalue weighted by Gasteiger charge is -2.19. The molecule has 1 atom stereocenters. The molecule has 1 aliphatic heterocycles. The molecule has 1 amide bonds. The summed E-state index contributed by atoms with van der Waals surface area (Å²) in [4.78, 5) is 13.1. The van der Waals surface area contributed by atoms with Crippen LogP contribution in [-0.4, -0.2) is 28.8 Å². The monoisotopic (exact) mass is 221 g/mol. The lowest BCUT2D eigenvalue weighted by molar-refractivity contribution is -0.117. The number of amides is 1. The Morgan fingerprint density at radius 1 is 1.38 bits per heavy atom. The van der Waals surface area contributed by atoms with Crippen molar-refractivity contribution in [3.05, 3.63) is 23.3 Å². The van der Waals surface area contributed by atoms with Crippen LogP contribution in [0.15, 0.2) is 12.1 Å². The van der Waals surface area contributed by atoms with Gasteiger partial charge in [-0.15, -0.1) is 0 Å². The first-order chi connectivity index (χ1) is 7.49. The Kier molecular flexibility index (Phi) is 2.59. The van der Waals surface area contributed by atoms with Gasteiger partial charge >= 0.3 is 0 Å². The highest BCUT2D eigenvalue weighted by molar-refractivity contribution is 5.97. The number of hydrogen-bond donors (Lipinski definition) is 2. The van der Waals surface area contributed by atoms with Crippen molar-refractivity contribution in [1.82, 2.24) is 0 Å². The second-order valence-corrected chi connectivity index (χ2v) is 4.31. The Morgan fingerprint density at radius 2 is 2.06 bits per heavy atom. The van der Waals surface area contributed by atoms with Crippen molar-refractivity contribution >= 4 is 11.6 Å². The van der Waals surface area contributed by atoms with Crippen molar-refractivity contribution in [2.45, 2.75) is 26.4 Å². The zero-order valence-corrected chi connectivity index (χ0v) is 9.40. The first-order valence-corrected chi connectivity index (χ1v) is 5.27. The number of carbonyl (C=O) groups excluding carboxylic acids is 1. The van der Waals surface area contributed by atoms with Gasteiger partial charge < -0.3 is 15.1 Å². The molecule has 2 rings (SSSR count). The number of nitrogens with zero attached hydrogens (tertiary/aromatic N) is 1. The van der Waals surface area contributed by atoms with Crippen LogP contribution in [0, 0.1) is 13.8 Å². The number of aliphatic hydroxyl groups is 1. The molecule has 1 aliphatic rings. The summed E-state index contributed by atoms with van der Waals surface area (Å²) in [6.45, 7) is 3.96. The fourth-order valence-electron chi connectivity index (χ4n) is 2.06. The van der Waals surface area contributed by atoms with Gasteiger partial charge in [0.1, 0.15) is 5.75 Å². The molecule has 1 unspecified atom stereocenters. The summed E-state index contributed by atoms with van der Waals surface area (Å²) in [7, 11) is 0. The molecule has 1 aromatic rings. The molecule has 1 saturated heterocycles. The fraction of sp³-hybridized carbons (Fsp3) is 0.417. The topological polar surface area (TPSA) is 60.8 Å². The summed E-state index contributed by atoms with van der Waals surface area (Å²) in [6, 6.07) is 3.62. The van der Waals surface area contributed by atoms with Crippen LogP contribution >= 0.6 is 0 Å². The third-order valence-corrected chi connectivity index (χ3v) is 2.82. The van der Waals surface area contributed by atoms with Gasteiger partial charge in [0, 0.05) is 0 Å². The summed E-state index contributed by atoms with van der Waals surface area (Å²) in [5.41, 5.74) is 2.22. The molecule has 0 spiro atoms. The first kappa shape index (κ1) is 11.0. The zero-order valence-electron chi connectivity index (χ0n) is 9.40. The standard InChI is InChI=1S/C12H15NO3/c1-7-3-8(2)12(16)10(4-7)13-6-9(14)5-11(13)15/h3-4,9,14,16H,5-6H2,1-2H3. The number of phenols is 1. The Balaban J connectivity index is 2.44. The van der Waals surface area contributed by atoms with Gasteiger partial charge in [-0.3, -0.25) is 4.79 Å². The molecule has 4 nitrogen and oxygen atoms in total. The fourth-order valence-corrected chi connectivity index (χ4v) is 2.06. The number of rotatable bonds is 1. The van der Waals surface area contributed by atoms with E-state index in [2.05, 4.69) is 0 Å². The Bertz CT molecular complexity index is 442. The van der Waals surface area contributed by atoms with Gasteiger partial charge in [0.2, 0.25) is 5.91 Å². The van der Waals surface area contributed by atoms with E-state index < -0.39 is 6.10 Å². The second-order valence-electron chi connectivity index (χ2n) is 4.31. The van der Waals surface area contributed by atoms with Gasteiger partial charge in [0.25, 0.3) is 0 Å². The van der Waals surface area contributed by atoms with Crippen LogP contribution in [0.1, 0.15) is 17.5 Å². The molecule has 0 saturated carbocycles. The summed E-state index contributed by atoms with van der Waals surface area (Å²) < 4.78 is 0. The maximum atomic E-state index is 11.6. The molecular formula is C12H15NO3. The zero-order chi connectivity index (χ0) is 11.9. The minimum absolute atomic E-state index is 0.119. The maximum absolute atomic E-state index is 11.6. The van der Waals surface area contributed by atoms with Crippen molar-refractivity contribution in [3.63, 3.8) is 0 Å². The molecule has 1 fully saturated rings. The normalized spacial score (nSPS) is 20.6. The van der Waals surface area contributed by atoms with Crippen molar-refractivity contribution in [1.29, 1.82) is 0 Å². The summed E-state index contributed by atoms with van der Waals surface area (Å²) >= 11 is 0. The van der Waals surface area contributed by atoms with Crippen LogP contribution in [0.5, 0.6) is 5.75 Å². The van der Waals surface area contributed by atoms with Crippen molar-refractivity contribution in [2.75, 3.05) is 11.4 Å². The number of anilines is 1. The minimum Gasteiger partial charge on any atom is -0.505 e. The van der Waals surface area contributed by atoms with Gasteiger partial charge in [0.05, 0.1) is 24.8 Å². The molecule has 4 heteroatoms. The number of β-amino-alcohol motifs (C(OH)–C–C–N with tert-alkyl or cyclic N) is 1. The highest BCUT2D eigenvalue weighted by Crippen LogP contribution is 2.34. The third kappa shape index (κ3) is 1.76. The predicted octanol–water partition coefficient (Wildman–Crippen LogP) is 1.11. The SMILES string of the molecule is Cc1cc(C)c(O)c(N2CC(O)CC2=O)c1. The predicted molar refractivity (Wildman–Crippen MR) is 60.6 cm³/mol. The van der Waals surface area contributed by atoms with Crippen LogP contribution in [-0.2, 0) is 4.79 Å². The van der Waals surface area contributed by atoms with Crippen LogP contribution in [0.4, 0.5) is 5.69 Å². The van der Waals surface area contributed by atoms with E-state index in [1.165, 1.54) is 4.90 Å². The molecule has 1 heterocycles. The lowest BCUT2D eigenvalue weighted by atomic mass is 10.1. The van der Waals surface area contributed by atoms with E-state index in [-0.39, 0.29) is 24.6 Å². The smallest absolute Gasteiger partial charge is 0.229 e. The summed E-state index contributed by atoms with van der Waals surface area (Å²) in [6.07, 6.45) is -0.500. The molecule has 0 radical (unpaired) electrons. The lowest BCUT2D eigenvalue weighted by Crippen LogP contribution is -2.25. The van der Waals surface area contributed by atoms with Gasteiger partial charge in [-0.05, 0) is 31.0 Å². The third-order valence-electron chi connectivity index (χ3n) is 2.82. The number of phenolic OH excluding ortho intramolecular Hbond substituents is 1. The molecule has 0 aliphatic carbocycles. The van der Waals surface area contributed by atoms with Gasteiger partial charge in [-0.2, -0.15) is 0 Å². The van der Waals surface area contributed by atoms with Gasteiger partial charge in [-0.1, -0.05) is 6.07 Å². The highest BCUT2D eigenvalue weighted by atomic mass is 16.3. The minimum atomic E-state index is -0.632. The maximum Gasteiger partial charge on any atom is 0.229 e. The van der Waals surface area contributed by atoms with E-state index >= 15 is 0 Å². The second kappa shape index (κ2) is 3.79. The van der Waals surface area contributed by atoms with E-state index in [4.69, 9.17) is 0 Å². The number of benzene rings is 1. The van der Waals surface area contributed by atoms with Crippen LogP contribution in [0.25, 0.3) is 0 Å². The number of aliphatic hydroxyl groups excluding tert-OH is 1. The molecule has 0 aromatic heterocycles. The average molecular weight is 221 g/mol. The Hall–Kier alpha value is -1.55. The van der Waals surface area contributed by atoms with E-state index in [9.17, 15) is 15.0 Å². The van der Waals surface area contributed by atoms with Crippen LogP contribution in [0.2, 0.25) is 0 Å². The number of hydrogen-bond acceptors (Lipinski definition) is 3. The van der Waals surface area contributed by atoms with E-state index in [1.807, 2.05) is 13.0 Å². The number of aryl methyl sites for hydroxylation is 2. The number of aromatic hydroxyl groups is 1. The Labute approximate surface area is 94.1 Å². The van der Waals surface area contributed by atoms with Crippen LogP contribution in [0.3, 0.4) is 0 Å². The van der Waals surface area contributed by atoms with E-state index in [1.54, 1.807) is 13.0 Å². The van der Waals surface area contributed by atoms with Crippen LogP contribution < -0.4 is 4.90 Å². The van der Waals surface area contributed by atoms with Gasteiger partial charge in [0.15, 0.2) is 0 Å². The van der Waals surface area contributed by atoms with Crippen molar-refractivity contribution in [3.8, 4) is 5.75 Å². The van der Waals surface area contributed by atoms with Crippen molar-refractivity contribution < 1.29 is 15.0 Å². The molecule has 0 bridgehead atoms. The Morgan fingerprint density at radius 3 is 2.62 bits per heavy atom. The summed E-state index contributed by atoms with van der Waals surface area (Å²) in [5, 5.41) is 19.3. The van der Waals surface area contributed by atoms with E-state index in [0.717, 1.165) is 11.1 Å². The average Bonchev–Trinajstić information content (AvgIpc) is 2.51. The first-order valence-electron chi connectivity index (χ1n) is 5.27. The summed E-state index contributed by atoms with van der Waals surface area (Å²) in [5.74, 6) is -0.0270. The highest BCUT2D eigenvalue weighted by Gasteiger charge is 2.30. The van der Waals surface area contributed by atoms with Crippen molar-refractivity contribution in [2.24, 2.45) is 0 Å². The molecule has 16 heavy (non-hydrogen) atoms. The number of carbonyl (C=O) groups is 1. The van der Waals surface area contributed by atoms with Gasteiger partial charge in [-0.25, -0.2) is 0 Å². The molecule has 86 valence electrons. The van der Waals surface area contributed by atoms with E-state index in [0.29, 0.717) is 5.69 Å². The quantitative estimate of drug-likeness (QED) is 0.746.